The standard InChI is InChI=1S/C22H12BrNS/c23-17-11-16-14-10-9-12-5-1-2-6-13(12)20(14)24-21(16)22-19(17)15-7-3-4-8-18(15)25-22/h1-11,24H. The van der Waals surface area contributed by atoms with Crippen molar-refractivity contribution in [1.29, 1.82) is 0 Å². The number of H-pyrrole nitrogens is 1. The largest absolute Gasteiger partial charge is 0.353 e. The number of hydrogen-bond acceptors (Lipinski definition) is 1. The number of hydrogen-bond donors (Lipinski definition) is 1. The summed E-state index contributed by atoms with van der Waals surface area (Å²) in [6.45, 7) is 0. The quantitative estimate of drug-likeness (QED) is 0.269. The van der Waals surface area contributed by atoms with E-state index >= 15 is 0 Å². The number of thiophene rings is 1. The van der Waals surface area contributed by atoms with Crippen LogP contribution >= 0.6 is 27.3 Å². The predicted octanol–water partition coefficient (Wildman–Crippen LogP) is 7.60. The summed E-state index contributed by atoms with van der Waals surface area (Å²) >= 11 is 5.70. The van der Waals surface area contributed by atoms with Gasteiger partial charge in [-0.2, -0.15) is 0 Å². The molecule has 2 heterocycles. The molecule has 0 unspecified atom stereocenters. The van der Waals surface area contributed by atoms with E-state index in [0.717, 1.165) is 0 Å². The molecule has 6 aromatic rings. The van der Waals surface area contributed by atoms with Crippen LogP contribution in [0.5, 0.6) is 0 Å². The number of fused-ring (bicyclic) bond motifs is 9. The molecular weight excluding hydrogens is 390 g/mol. The molecule has 25 heavy (non-hydrogen) atoms. The van der Waals surface area contributed by atoms with E-state index in [4.69, 9.17) is 0 Å². The maximum Gasteiger partial charge on any atom is 0.0647 e. The lowest BCUT2D eigenvalue weighted by Crippen LogP contribution is -1.74. The van der Waals surface area contributed by atoms with Gasteiger partial charge in [-0.1, -0.05) is 70.5 Å². The van der Waals surface area contributed by atoms with Crippen molar-refractivity contribution in [1.82, 2.24) is 4.98 Å². The van der Waals surface area contributed by atoms with Crippen molar-refractivity contribution in [2.75, 3.05) is 0 Å². The van der Waals surface area contributed by atoms with Gasteiger partial charge in [0.05, 0.1) is 15.7 Å². The Bertz CT molecular complexity index is 1460. The molecule has 0 amide bonds. The predicted molar refractivity (Wildman–Crippen MR) is 114 cm³/mol. The van der Waals surface area contributed by atoms with E-state index < -0.39 is 0 Å². The zero-order valence-electron chi connectivity index (χ0n) is 13.1. The number of aromatic nitrogens is 1. The lowest BCUT2D eigenvalue weighted by molar-refractivity contribution is 1.59. The van der Waals surface area contributed by atoms with Crippen molar-refractivity contribution in [2.24, 2.45) is 0 Å². The Labute approximate surface area is 156 Å². The van der Waals surface area contributed by atoms with Crippen molar-refractivity contribution in [3.8, 4) is 0 Å². The first kappa shape index (κ1) is 13.9. The minimum Gasteiger partial charge on any atom is -0.353 e. The Morgan fingerprint density at radius 3 is 2.44 bits per heavy atom. The summed E-state index contributed by atoms with van der Waals surface area (Å²) < 4.78 is 3.82. The van der Waals surface area contributed by atoms with Gasteiger partial charge in [-0.3, -0.25) is 0 Å². The Hall–Kier alpha value is -2.36. The maximum atomic E-state index is 3.83. The topological polar surface area (TPSA) is 15.8 Å². The minimum atomic E-state index is 1.17. The van der Waals surface area contributed by atoms with Crippen molar-refractivity contribution in [3.05, 3.63) is 71.2 Å². The Kier molecular flexibility index (Phi) is 2.69. The fraction of sp³-hybridized carbons (Fsp3) is 0. The van der Waals surface area contributed by atoms with Gasteiger partial charge >= 0.3 is 0 Å². The molecule has 1 N–H and O–H groups in total. The van der Waals surface area contributed by atoms with E-state index in [2.05, 4.69) is 87.6 Å². The van der Waals surface area contributed by atoms with Gasteiger partial charge in [0.2, 0.25) is 0 Å². The van der Waals surface area contributed by atoms with Crippen molar-refractivity contribution < 1.29 is 0 Å². The molecule has 118 valence electrons. The van der Waals surface area contributed by atoms with Gasteiger partial charge in [0, 0.05) is 36.1 Å². The molecular formula is C22H12BrNS. The Morgan fingerprint density at radius 1 is 0.720 bits per heavy atom. The van der Waals surface area contributed by atoms with Gasteiger partial charge in [0.25, 0.3) is 0 Å². The van der Waals surface area contributed by atoms with Gasteiger partial charge < -0.3 is 4.98 Å². The van der Waals surface area contributed by atoms with Crippen LogP contribution in [0.2, 0.25) is 0 Å². The Morgan fingerprint density at radius 2 is 1.52 bits per heavy atom. The van der Waals surface area contributed by atoms with Crippen LogP contribution in [0.1, 0.15) is 0 Å². The van der Waals surface area contributed by atoms with Crippen LogP contribution in [0.4, 0.5) is 0 Å². The second-order valence-corrected chi connectivity index (χ2v) is 8.32. The van der Waals surface area contributed by atoms with Crippen LogP contribution < -0.4 is 0 Å². The summed E-state index contributed by atoms with van der Waals surface area (Å²) in [5.74, 6) is 0. The molecule has 0 aliphatic carbocycles. The van der Waals surface area contributed by atoms with Crippen LogP contribution in [0.25, 0.3) is 52.8 Å². The minimum absolute atomic E-state index is 1.17. The number of benzene rings is 4. The van der Waals surface area contributed by atoms with Gasteiger partial charge in [0.15, 0.2) is 0 Å². The zero-order chi connectivity index (χ0) is 16.5. The van der Waals surface area contributed by atoms with Gasteiger partial charge in [-0.15, -0.1) is 11.3 Å². The fourth-order valence-electron chi connectivity index (χ4n) is 3.94. The second kappa shape index (κ2) is 4.84. The molecule has 0 saturated carbocycles. The van der Waals surface area contributed by atoms with E-state index in [1.807, 2.05) is 11.3 Å². The molecule has 0 spiro atoms. The van der Waals surface area contributed by atoms with E-state index in [-0.39, 0.29) is 0 Å². The molecule has 0 saturated heterocycles. The summed E-state index contributed by atoms with van der Waals surface area (Å²) in [6, 6.07) is 23.9. The molecule has 6 rings (SSSR count). The first-order chi connectivity index (χ1) is 12.3. The molecule has 0 fully saturated rings. The molecule has 0 radical (unpaired) electrons. The molecule has 3 heteroatoms. The third-order valence-electron chi connectivity index (χ3n) is 5.07. The van der Waals surface area contributed by atoms with Gasteiger partial charge in [0.1, 0.15) is 0 Å². The maximum absolute atomic E-state index is 3.83. The highest BCUT2D eigenvalue weighted by atomic mass is 79.9. The van der Waals surface area contributed by atoms with E-state index in [1.54, 1.807) is 0 Å². The first-order valence-corrected chi connectivity index (χ1v) is 9.85. The molecule has 4 aromatic carbocycles. The van der Waals surface area contributed by atoms with Crippen LogP contribution in [0, 0.1) is 0 Å². The van der Waals surface area contributed by atoms with E-state index in [9.17, 15) is 0 Å². The molecule has 2 aromatic heterocycles. The summed E-state index contributed by atoms with van der Waals surface area (Å²) in [6.07, 6.45) is 0. The van der Waals surface area contributed by atoms with Crippen LogP contribution in [-0.2, 0) is 0 Å². The average Bonchev–Trinajstić information content (AvgIpc) is 3.21. The van der Waals surface area contributed by atoms with Crippen LogP contribution in [0.3, 0.4) is 0 Å². The summed E-state index contributed by atoms with van der Waals surface area (Å²) in [5, 5.41) is 7.75. The number of nitrogens with one attached hydrogen (secondary N) is 1. The molecule has 1 nitrogen and oxygen atoms in total. The number of aromatic amines is 1. The summed E-state index contributed by atoms with van der Waals surface area (Å²) in [5.41, 5.74) is 2.47. The zero-order valence-corrected chi connectivity index (χ0v) is 15.5. The normalized spacial score (nSPS) is 12.2. The third-order valence-corrected chi connectivity index (χ3v) is 6.88. The summed E-state index contributed by atoms with van der Waals surface area (Å²) in [7, 11) is 0. The number of rotatable bonds is 0. The molecule has 0 aliphatic rings. The first-order valence-electron chi connectivity index (χ1n) is 8.24. The SMILES string of the molecule is Brc1cc2c3ccc4ccccc4c3[nH]c2c2sc3ccccc3c12. The highest BCUT2D eigenvalue weighted by Gasteiger charge is 2.16. The van der Waals surface area contributed by atoms with E-state index in [1.165, 1.54) is 57.2 Å². The van der Waals surface area contributed by atoms with Crippen molar-refractivity contribution in [2.45, 2.75) is 0 Å². The highest BCUT2D eigenvalue weighted by molar-refractivity contribution is 9.10. The summed E-state index contributed by atoms with van der Waals surface area (Å²) in [4.78, 5) is 3.74. The van der Waals surface area contributed by atoms with Crippen LogP contribution in [-0.4, -0.2) is 4.98 Å². The van der Waals surface area contributed by atoms with Crippen molar-refractivity contribution >= 4 is 80.0 Å². The smallest absolute Gasteiger partial charge is 0.0647 e. The van der Waals surface area contributed by atoms with Gasteiger partial charge in [-0.05, 0) is 17.5 Å². The average molecular weight is 402 g/mol. The van der Waals surface area contributed by atoms with Crippen molar-refractivity contribution in [3.63, 3.8) is 0 Å². The monoisotopic (exact) mass is 401 g/mol. The lowest BCUT2D eigenvalue weighted by Gasteiger charge is -1.99. The molecule has 0 atom stereocenters. The Balaban J connectivity index is 1.92. The van der Waals surface area contributed by atoms with Gasteiger partial charge in [-0.25, -0.2) is 0 Å². The molecule has 0 bridgehead atoms. The molecule has 0 aliphatic heterocycles. The van der Waals surface area contributed by atoms with E-state index in [0.29, 0.717) is 0 Å². The third kappa shape index (κ3) is 1.77. The highest BCUT2D eigenvalue weighted by Crippen LogP contribution is 2.44. The number of halogens is 1. The van der Waals surface area contributed by atoms with Crippen LogP contribution in [0.15, 0.2) is 71.2 Å². The lowest BCUT2D eigenvalue weighted by atomic mass is 10.1. The fourth-order valence-corrected chi connectivity index (χ4v) is 5.95. The second-order valence-electron chi connectivity index (χ2n) is 6.42.